The van der Waals surface area contributed by atoms with Gasteiger partial charge in [0.25, 0.3) is 0 Å². The van der Waals surface area contributed by atoms with Crippen molar-refractivity contribution in [2.75, 3.05) is 0 Å². The van der Waals surface area contributed by atoms with Gasteiger partial charge in [0, 0.05) is 17.2 Å². The zero-order valence-corrected chi connectivity index (χ0v) is 22.7. The van der Waals surface area contributed by atoms with Gasteiger partial charge in [0.2, 0.25) is 0 Å². The second kappa shape index (κ2) is 10.9. The van der Waals surface area contributed by atoms with E-state index in [1.165, 1.54) is 11.1 Å². The minimum absolute atomic E-state index is 0.0386. The van der Waals surface area contributed by atoms with Crippen LogP contribution in [0.25, 0.3) is 40.2 Å². The predicted octanol–water partition coefficient (Wildman–Crippen LogP) is 8.03. The van der Waals surface area contributed by atoms with E-state index in [9.17, 15) is 5.11 Å². The molecular formula is C34H31N3O2. The molecule has 1 aromatic heterocycles. The summed E-state index contributed by atoms with van der Waals surface area (Å²) in [7, 11) is 0. The molecule has 39 heavy (non-hydrogen) atoms. The third-order valence-electron chi connectivity index (χ3n) is 6.68. The molecule has 0 radical (unpaired) electrons. The minimum Gasteiger partial charge on any atom is -0.507 e. The lowest BCUT2D eigenvalue weighted by Crippen LogP contribution is -2.02. The summed E-state index contributed by atoms with van der Waals surface area (Å²) in [4.78, 5) is 14.5. The van der Waals surface area contributed by atoms with Crippen LogP contribution >= 0.6 is 0 Å². The summed E-state index contributed by atoms with van der Waals surface area (Å²) in [6.45, 7) is 12.4. The number of ether oxygens (including phenoxy) is 1. The van der Waals surface area contributed by atoms with Crippen molar-refractivity contribution in [3.8, 4) is 45.7 Å². The fourth-order valence-corrected chi connectivity index (χ4v) is 4.63. The topological polar surface area (TPSA) is 68.1 Å². The monoisotopic (exact) mass is 513 g/mol. The van der Waals surface area contributed by atoms with Crippen LogP contribution in [0.2, 0.25) is 0 Å². The highest BCUT2D eigenvalue weighted by molar-refractivity contribution is 5.72. The van der Waals surface area contributed by atoms with E-state index in [4.69, 9.17) is 19.7 Å². The van der Waals surface area contributed by atoms with Crippen molar-refractivity contribution >= 4 is 6.08 Å². The number of nitrogens with zero attached hydrogens (tertiary/aromatic N) is 3. The largest absolute Gasteiger partial charge is 0.507 e. The molecule has 0 bridgehead atoms. The number of hydrogen-bond acceptors (Lipinski definition) is 5. The number of aromatic hydroxyl groups is 1. The maximum absolute atomic E-state index is 11.0. The first-order valence-corrected chi connectivity index (χ1v) is 12.9. The van der Waals surface area contributed by atoms with Gasteiger partial charge < -0.3 is 9.84 Å². The number of phenolic OH excluding ortho intramolecular Hbond substituents is 1. The summed E-state index contributed by atoms with van der Waals surface area (Å²) in [6.07, 6.45) is 1.80. The van der Waals surface area contributed by atoms with E-state index >= 15 is 0 Å². The number of rotatable bonds is 7. The molecule has 0 saturated heterocycles. The molecule has 0 aliphatic heterocycles. The molecule has 0 fully saturated rings. The Morgan fingerprint density at radius 2 is 1.26 bits per heavy atom. The molecule has 0 unspecified atom stereocenters. The molecule has 4 aromatic carbocycles. The van der Waals surface area contributed by atoms with Crippen molar-refractivity contribution in [2.24, 2.45) is 0 Å². The molecule has 1 N–H and O–H groups in total. The Balaban J connectivity index is 1.54. The summed E-state index contributed by atoms with van der Waals surface area (Å²) in [6, 6.07) is 25.6. The Hall–Kier alpha value is -4.77. The average molecular weight is 514 g/mol. The van der Waals surface area contributed by atoms with Crippen LogP contribution in [-0.4, -0.2) is 20.1 Å². The Labute approximate surface area is 229 Å². The summed E-state index contributed by atoms with van der Waals surface area (Å²) < 4.78 is 5.96. The van der Waals surface area contributed by atoms with E-state index < -0.39 is 0 Å². The van der Waals surface area contributed by atoms with Crippen molar-refractivity contribution in [1.82, 2.24) is 15.0 Å². The van der Waals surface area contributed by atoms with Gasteiger partial charge >= 0.3 is 0 Å². The van der Waals surface area contributed by atoms with Crippen molar-refractivity contribution in [3.63, 3.8) is 0 Å². The normalized spacial score (nSPS) is 10.9. The maximum atomic E-state index is 11.0. The maximum Gasteiger partial charge on any atom is 0.167 e. The van der Waals surface area contributed by atoms with Crippen molar-refractivity contribution in [1.29, 1.82) is 0 Å². The zero-order valence-electron chi connectivity index (χ0n) is 22.7. The molecule has 5 heteroatoms. The predicted molar refractivity (Wildman–Crippen MR) is 158 cm³/mol. The van der Waals surface area contributed by atoms with Crippen LogP contribution in [-0.2, 0) is 6.61 Å². The van der Waals surface area contributed by atoms with Crippen molar-refractivity contribution in [3.05, 3.63) is 119 Å². The SMILES string of the molecule is C=Cc1cccc(COc2ccc(-c3nc(-c4ccc(C)cc4C)nc(-c4ccc(C)cc4C)n3)c(O)c2)c1. The Bertz CT molecular complexity index is 1620. The quantitative estimate of drug-likeness (QED) is 0.239. The lowest BCUT2D eigenvalue weighted by molar-refractivity contribution is 0.304. The van der Waals surface area contributed by atoms with Gasteiger partial charge in [0.05, 0.1) is 5.56 Å². The number of aromatic nitrogens is 3. The summed E-state index contributed by atoms with van der Waals surface area (Å²) >= 11 is 0. The molecule has 0 atom stereocenters. The Morgan fingerprint density at radius 1 is 0.692 bits per heavy atom. The number of aryl methyl sites for hydroxylation is 4. The van der Waals surface area contributed by atoms with Crippen molar-refractivity contribution in [2.45, 2.75) is 34.3 Å². The van der Waals surface area contributed by atoms with Gasteiger partial charge in [-0.2, -0.15) is 0 Å². The first kappa shape index (κ1) is 25.9. The smallest absolute Gasteiger partial charge is 0.167 e. The number of benzene rings is 4. The molecule has 5 aromatic rings. The Morgan fingerprint density at radius 3 is 1.79 bits per heavy atom. The average Bonchev–Trinajstić information content (AvgIpc) is 2.92. The molecule has 194 valence electrons. The van der Waals surface area contributed by atoms with E-state index in [0.717, 1.165) is 33.4 Å². The molecular weight excluding hydrogens is 482 g/mol. The summed E-state index contributed by atoms with van der Waals surface area (Å²) in [5, 5.41) is 11.0. The van der Waals surface area contributed by atoms with Crippen LogP contribution in [0.3, 0.4) is 0 Å². The second-order valence-electron chi connectivity index (χ2n) is 9.86. The lowest BCUT2D eigenvalue weighted by Gasteiger charge is -2.13. The molecule has 0 amide bonds. The standard InChI is InChI=1S/C34H31N3O2/c1-6-25-8-7-9-26(18-25)20-39-27-12-15-30(31(38)19-27)34-36-32(28-13-10-21(2)16-23(28)4)35-33(37-34)29-14-11-22(3)17-24(29)5/h6-19,38H,1,20H2,2-5H3. The fourth-order valence-electron chi connectivity index (χ4n) is 4.63. The van der Waals surface area contributed by atoms with Gasteiger partial charge in [-0.05, 0) is 68.1 Å². The van der Waals surface area contributed by atoms with Crippen molar-refractivity contribution < 1.29 is 9.84 Å². The number of hydrogen-bond donors (Lipinski definition) is 1. The van der Waals surface area contributed by atoms with Gasteiger partial charge in [-0.3, -0.25) is 0 Å². The van der Waals surface area contributed by atoms with Crippen LogP contribution in [0.5, 0.6) is 11.5 Å². The molecule has 1 heterocycles. The molecule has 0 aliphatic carbocycles. The molecule has 5 rings (SSSR count). The Kier molecular flexibility index (Phi) is 7.24. The highest BCUT2D eigenvalue weighted by atomic mass is 16.5. The first-order chi connectivity index (χ1) is 18.8. The van der Waals surface area contributed by atoms with Gasteiger partial charge in [0.1, 0.15) is 18.1 Å². The van der Waals surface area contributed by atoms with E-state index in [2.05, 4.69) is 58.5 Å². The lowest BCUT2D eigenvalue weighted by atomic mass is 10.0. The first-order valence-electron chi connectivity index (χ1n) is 12.9. The van der Waals surface area contributed by atoms with Crippen LogP contribution in [0.4, 0.5) is 0 Å². The minimum atomic E-state index is 0.0386. The van der Waals surface area contributed by atoms with E-state index in [1.807, 2.05) is 42.5 Å². The highest BCUT2D eigenvalue weighted by Crippen LogP contribution is 2.34. The summed E-state index contributed by atoms with van der Waals surface area (Å²) in [5.74, 6) is 2.12. The third kappa shape index (κ3) is 5.73. The van der Waals surface area contributed by atoms with Gasteiger partial charge in [0.15, 0.2) is 17.5 Å². The second-order valence-corrected chi connectivity index (χ2v) is 9.86. The molecule has 0 aliphatic rings. The van der Waals surface area contributed by atoms with Crippen LogP contribution in [0, 0.1) is 27.7 Å². The van der Waals surface area contributed by atoms with E-state index in [0.29, 0.717) is 35.4 Å². The molecule has 0 spiro atoms. The summed E-state index contributed by atoms with van der Waals surface area (Å²) in [5.41, 5.74) is 8.91. The van der Waals surface area contributed by atoms with Crippen LogP contribution < -0.4 is 4.74 Å². The number of phenols is 1. The van der Waals surface area contributed by atoms with E-state index in [-0.39, 0.29) is 5.75 Å². The third-order valence-corrected chi connectivity index (χ3v) is 6.68. The van der Waals surface area contributed by atoms with Gasteiger partial charge in [-0.1, -0.05) is 78.4 Å². The van der Waals surface area contributed by atoms with Gasteiger partial charge in [-0.25, -0.2) is 15.0 Å². The molecule has 0 saturated carbocycles. The van der Waals surface area contributed by atoms with Crippen LogP contribution in [0.1, 0.15) is 33.4 Å². The van der Waals surface area contributed by atoms with E-state index in [1.54, 1.807) is 18.2 Å². The fraction of sp³-hybridized carbons (Fsp3) is 0.147. The van der Waals surface area contributed by atoms with Gasteiger partial charge in [-0.15, -0.1) is 0 Å². The molecule has 5 nitrogen and oxygen atoms in total. The highest BCUT2D eigenvalue weighted by Gasteiger charge is 2.17. The van der Waals surface area contributed by atoms with Crippen LogP contribution in [0.15, 0.2) is 85.4 Å². The zero-order chi connectivity index (χ0) is 27.5.